The number of nitrogens with zero attached hydrogens (tertiary/aromatic N) is 1. The Morgan fingerprint density at radius 2 is 1.72 bits per heavy atom. The van der Waals surface area contributed by atoms with E-state index in [4.69, 9.17) is 4.74 Å². The lowest BCUT2D eigenvalue weighted by Gasteiger charge is -2.50. The lowest BCUT2D eigenvalue weighted by molar-refractivity contribution is -0.169. The fourth-order valence-corrected chi connectivity index (χ4v) is 5.70. The van der Waals surface area contributed by atoms with Crippen LogP contribution in [0.4, 0.5) is 0 Å². The fraction of sp³-hybridized carbons (Fsp3) is 0.400. The first-order valence-electron chi connectivity index (χ1n) is 8.83. The standard InChI is InChI=1S/C20H23NO3S/c1-16-14-21(15-20(24-16)12-7-13-20)25(22,23)19-11-6-5-10-18(19)17-8-3-2-4-9-17/h2-6,8-11,16H,7,12-15H2,1H3. The van der Waals surface area contributed by atoms with E-state index in [-0.39, 0.29) is 11.7 Å². The monoisotopic (exact) mass is 357 g/mol. The lowest BCUT2D eigenvalue weighted by atomic mass is 9.79. The SMILES string of the molecule is CC1CN(S(=O)(=O)c2ccccc2-c2ccccc2)CC2(CCC2)O1. The van der Waals surface area contributed by atoms with Gasteiger partial charge in [0, 0.05) is 18.7 Å². The molecule has 2 aliphatic rings. The van der Waals surface area contributed by atoms with Crippen molar-refractivity contribution in [2.24, 2.45) is 0 Å². The molecule has 1 heterocycles. The quantitative estimate of drug-likeness (QED) is 0.842. The molecular formula is C20H23NO3S. The number of benzene rings is 2. The maximum absolute atomic E-state index is 13.4. The minimum Gasteiger partial charge on any atom is -0.369 e. The largest absolute Gasteiger partial charge is 0.369 e. The molecule has 0 bridgehead atoms. The molecule has 2 fully saturated rings. The molecule has 2 aromatic rings. The molecular weight excluding hydrogens is 334 g/mol. The van der Waals surface area contributed by atoms with Crippen molar-refractivity contribution in [2.45, 2.75) is 42.8 Å². The van der Waals surface area contributed by atoms with E-state index in [1.807, 2.05) is 49.4 Å². The highest BCUT2D eigenvalue weighted by atomic mass is 32.2. The van der Waals surface area contributed by atoms with Crippen LogP contribution in [0.5, 0.6) is 0 Å². The molecule has 1 aliphatic heterocycles. The average Bonchev–Trinajstić information content (AvgIpc) is 2.60. The topological polar surface area (TPSA) is 46.6 Å². The molecule has 0 radical (unpaired) electrons. The van der Waals surface area contributed by atoms with E-state index in [2.05, 4.69) is 0 Å². The molecule has 1 saturated heterocycles. The van der Waals surface area contributed by atoms with Gasteiger partial charge in [0.05, 0.1) is 16.6 Å². The Labute approximate surface area is 149 Å². The number of morpholine rings is 1. The molecule has 1 atom stereocenters. The summed E-state index contributed by atoms with van der Waals surface area (Å²) in [5.74, 6) is 0. The van der Waals surface area contributed by atoms with Crippen LogP contribution in [-0.2, 0) is 14.8 Å². The van der Waals surface area contributed by atoms with Gasteiger partial charge in [0.25, 0.3) is 0 Å². The molecule has 1 unspecified atom stereocenters. The number of sulfonamides is 1. The Morgan fingerprint density at radius 3 is 2.40 bits per heavy atom. The van der Waals surface area contributed by atoms with Crippen LogP contribution in [0.1, 0.15) is 26.2 Å². The minimum absolute atomic E-state index is 0.0762. The zero-order valence-corrected chi connectivity index (χ0v) is 15.2. The first kappa shape index (κ1) is 16.8. The summed E-state index contributed by atoms with van der Waals surface area (Å²) in [7, 11) is -3.57. The van der Waals surface area contributed by atoms with Gasteiger partial charge in [0.15, 0.2) is 0 Å². The van der Waals surface area contributed by atoms with Crippen LogP contribution in [0.2, 0.25) is 0 Å². The minimum atomic E-state index is -3.57. The summed E-state index contributed by atoms with van der Waals surface area (Å²) in [6, 6.07) is 17.0. The zero-order chi connectivity index (χ0) is 17.5. The van der Waals surface area contributed by atoms with E-state index in [0.29, 0.717) is 18.0 Å². The van der Waals surface area contributed by atoms with Gasteiger partial charge in [-0.3, -0.25) is 0 Å². The smallest absolute Gasteiger partial charge is 0.243 e. The Kier molecular flexibility index (Phi) is 4.18. The third-order valence-corrected chi connectivity index (χ3v) is 7.10. The summed E-state index contributed by atoms with van der Waals surface area (Å²) in [6.45, 7) is 2.83. The van der Waals surface area contributed by atoms with E-state index in [1.54, 1.807) is 16.4 Å². The third-order valence-electron chi connectivity index (χ3n) is 5.23. The summed E-state index contributed by atoms with van der Waals surface area (Å²) in [4.78, 5) is 0.379. The highest BCUT2D eigenvalue weighted by molar-refractivity contribution is 7.89. The molecule has 4 rings (SSSR count). The molecule has 132 valence electrons. The molecule has 1 aliphatic carbocycles. The molecule has 4 nitrogen and oxygen atoms in total. The second-order valence-electron chi connectivity index (χ2n) is 7.12. The van der Waals surface area contributed by atoms with Gasteiger partial charge in [-0.2, -0.15) is 4.31 Å². The molecule has 0 aromatic heterocycles. The van der Waals surface area contributed by atoms with Crippen molar-refractivity contribution in [1.29, 1.82) is 0 Å². The Morgan fingerprint density at radius 1 is 1.04 bits per heavy atom. The summed E-state index contributed by atoms with van der Waals surface area (Å²) in [6.07, 6.45) is 2.93. The summed E-state index contributed by atoms with van der Waals surface area (Å²) in [5.41, 5.74) is 1.40. The van der Waals surface area contributed by atoms with Gasteiger partial charge in [0.2, 0.25) is 10.0 Å². The van der Waals surface area contributed by atoms with Gasteiger partial charge in [-0.05, 0) is 37.8 Å². The van der Waals surface area contributed by atoms with E-state index in [1.165, 1.54) is 0 Å². The Bertz CT molecular complexity index is 860. The van der Waals surface area contributed by atoms with Gasteiger partial charge in [-0.1, -0.05) is 48.5 Å². The number of ether oxygens (including phenoxy) is 1. The molecule has 0 N–H and O–H groups in total. The van der Waals surface area contributed by atoms with Crippen LogP contribution in [0.25, 0.3) is 11.1 Å². The van der Waals surface area contributed by atoms with Crippen LogP contribution in [-0.4, -0.2) is 37.5 Å². The highest BCUT2D eigenvalue weighted by Crippen LogP contribution is 2.41. The number of rotatable bonds is 3. The van der Waals surface area contributed by atoms with Gasteiger partial charge in [-0.15, -0.1) is 0 Å². The van der Waals surface area contributed by atoms with Gasteiger partial charge in [-0.25, -0.2) is 8.42 Å². The number of hydrogen-bond donors (Lipinski definition) is 0. The molecule has 1 spiro atoms. The molecule has 25 heavy (non-hydrogen) atoms. The summed E-state index contributed by atoms with van der Waals surface area (Å²) in [5, 5.41) is 0. The van der Waals surface area contributed by atoms with Crippen molar-refractivity contribution < 1.29 is 13.2 Å². The van der Waals surface area contributed by atoms with Crippen LogP contribution in [0, 0.1) is 0 Å². The van der Waals surface area contributed by atoms with Crippen molar-refractivity contribution in [2.75, 3.05) is 13.1 Å². The first-order chi connectivity index (χ1) is 12.0. The van der Waals surface area contributed by atoms with Crippen molar-refractivity contribution in [3.63, 3.8) is 0 Å². The lowest BCUT2D eigenvalue weighted by Crippen LogP contribution is -2.59. The van der Waals surface area contributed by atoms with Gasteiger partial charge < -0.3 is 4.74 Å². The zero-order valence-electron chi connectivity index (χ0n) is 14.4. The van der Waals surface area contributed by atoms with E-state index in [0.717, 1.165) is 30.4 Å². The van der Waals surface area contributed by atoms with Crippen molar-refractivity contribution >= 4 is 10.0 Å². The second kappa shape index (κ2) is 6.24. The maximum atomic E-state index is 13.4. The normalized spacial score (nSPS) is 23.3. The predicted octanol–water partition coefficient (Wildman–Crippen LogP) is 3.69. The molecule has 0 amide bonds. The molecule has 5 heteroatoms. The maximum Gasteiger partial charge on any atom is 0.243 e. The third kappa shape index (κ3) is 3.01. The Balaban J connectivity index is 1.74. The van der Waals surface area contributed by atoms with Gasteiger partial charge in [0.1, 0.15) is 0 Å². The molecule has 2 aromatic carbocycles. The van der Waals surface area contributed by atoms with Crippen LogP contribution < -0.4 is 0 Å². The van der Waals surface area contributed by atoms with Crippen LogP contribution in [0.15, 0.2) is 59.5 Å². The van der Waals surface area contributed by atoms with E-state index >= 15 is 0 Å². The van der Waals surface area contributed by atoms with Gasteiger partial charge >= 0.3 is 0 Å². The highest BCUT2D eigenvalue weighted by Gasteiger charge is 2.47. The molecule has 1 saturated carbocycles. The second-order valence-corrected chi connectivity index (χ2v) is 9.03. The summed E-state index contributed by atoms with van der Waals surface area (Å²) >= 11 is 0. The predicted molar refractivity (Wildman–Crippen MR) is 97.8 cm³/mol. The van der Waals surface area contributed by atoms with Crippen molar-refractivity contribution in [3.05, 3.63) is 54.6 Å². The van der Waals surface area contributed by atoms with E-state index in [9.17, 15) is 8.42 Å². The van der Waals surface area contributed by atoms with Crippen molar-refractivity contribution in [3.8, 4) is 11.1 Å². The van der Waals surface area contributed by atoms with Crippen LogP contribution >= 0.6 is 0 Å². The first-order valence-corrected chi connectivity index (χ1v) is 10.3. The van der Waals surface area contributed by atoms with E-state index < -0.39 is 10.0 Å². The summed E-state index contributed by atoms with van der Waals surface area (Å²) < 4.78 is 34.6. The van der Waals surface area contributed by atoms with Crippen LogP contribution in [0.3, 0.4) is 0 Å². The number of hydrogen-bond acceptors (Lipinski definition) is 3. The fourth-order valence-electron chi connectivity index (χ4n) is 3.89. The Hall–Kier alpha value is -1.69. The average molecular weight is 357 g/mol. The van der Waals surface area contributed by atoms with Crippen molar-refractivity contribution in [1.82, 2.24) is 4.31 Å².